The second-order valence-electron chi connectivity index (χ2n) is 4.16. The lowest BCUT2D eigenvalue weighted by Gasteiger charge is -2.09. The third-order valence-electron chi connectivity index (χ3n) is 2.83. The summed E-state index contributed by atoms with van der Waals surface area (Å²) in [6.07, 6.45) is 0. The van der Waals surface area contributed by atoms with Crippen molar-refractivity contribution in [2.45, 2.75) is 0 Å². The van der Waals surface area contributed by atoms with E-state index in [0.29, 0.717) is 10.8 Å². The van der Waals surface area contributed by atoms with Crippen molar-refractivity contribution in [2.75, 3.05) is 12.8 Å². The van der Waals surface area contributed by atoms with Gasteiger partial charge in [-0.05, 0) is 12.1 Å². The highest BCUT2D eigenvalue weighted by molar-refractivity contribution is 6.35. The Kier molecular flexibility index (Phi) is 3.45. The predicted octanol–water partition coefficient (Wildman–Crippen LogP) is 3.06. The Balaban J connectivity index is 2.06. The van der Waals surface area contributed by atoms with Crippen LogP contribution in [0.3, 0.4) is 0 Å². The molecule has 3 rings (SSSR count). The van der Waals surface area contributed by atoms with Crippen molar-refractivity contribution in [2.24, 2.45) is 0 Å². The first kappa shape index (κ1) is 13.4. The number of hydrogen-bond donors (Lipinski definition) is 1. The van der Waals surface area contributed by atoms with Crippen LogP contribution in [0.4, 0.5) is 5.95 Å². The van der Waals surface area contributed by atoms with Crippen molar-refractivity contribution in [3.8, 4) is 17.8 Å². The van der Waals surface area contributed by atoms with E-state index in [4.69, 9.17) is 26.8 Å². The van der Waals surface area contributed by atoms with Crippen LogP contribution in [0.25, 0.3) is 10.8 Å². The maximum Gasteiger partial charge on any atom is 0.330 e. The van der Waals surface area contributed by atoms with Crippen molar-refractivity contribution in [3.63, 3.8) is 0 Å². The molecule has 21 heavy (non-hydrogen) atoms. The Morgan fingerprint density at radius 2 is 1.67 bits per heavy atom. The normalized spacial score (nSPS) is 10.6. The Morgan fingerprint density at radius 1 is 0.952 bits per heavy atom. The molecule has 1 heterocycles. The monoisotopic (exact) mass is 302 g/mol. The van der Waals surface area contributed by atoms with E-state index in [-0.39, 0.29) is 18.0 Å². The van der Waals surface area contributed by atoms with E-state index in [2.05, 4.69) is 15.0 Å². The summed E-state index contributed by atoms with van der Waals surface area (Å²) in [7, 11) is 1.44. The molecule has 106 valence electrons. The summed E-state index contributed by atoms with van der Waals surface area (Å²) in [5, 5.41) is 2.37. The highest BCUT2D eigenvalue weighted by atomic mass is 35.5. The van der Waals surface area contributed by atoms with Crippen LogP contribution in [0.1, 0.15) is 0 Å². The van der Waals surface area contributed by atoms with E-state index in [0.717, 1.165) is 10.8 Å². The van der Waals surface area contributed by atoms with Crippen LogP contribution in [0.2, 0.25) is 5.02 Å². The first-order chi connectivity index (χ1) is 10.2. The van der Waals surface area contributed by atoms with Crippen molar-refractivity contribution >= 4 is 28.3 Å². The molecule has 0 aliphatic rings. The van der Waals surface area contributed by atoms with E-state index in [9.17, 15) is 0 Å². The summed E-state index contributed by atoms with van der Waals surface area (Å²) in [5.41, 5.74) is 5.58. The Labute approximate surface area is 125 Å². The molecule has 0 saturated carbocycles. The van der Waals surface area contributed by atoms with Crippen LogP contribution in [0.15, 0.2) is 36.4 Å². The van der Waals surface area contributed by atoms with Gasteiger partial charge in [0.25, 0.3) is 0 Å². The van der Waals surface area contributed by atoms with Crippen LogP contribution >= 0.6 is 11.6 Å². The molecule has 3 aromatic rings. The Morgan fingerprint density at radius 3 is 2.43 bits per heavy atom. The van der Waals surface area contributed by atoms with Crippen molar-refractivity contribution in [3.05, 3.63) is 41.4 Å². The minimum atomic E-state index is 0.0233. The average Bonchev–Trinajstić information content (AvgIpc) is 2.50. The summed E-state index contributed by atoms with van der Waals surface area (Å²) in [6, 6.07) is 11.3. The molecule has 0 aliphatic heterocycles. The first-order valence-corrected chi connectivity index (χ1v) is 6.46. The molecule has 0 saturated heterocycles. The number of benzene rings is 2. The zero-order valence-electron chi connectivity index (χ0n) is 11.1. The molecule has 0 aliphatic carbocycles. The van der Waals surface area contributed by atoms with Crippen molar-refractivity contribution in [1.29, 1.82) is 0 Å². The zero-order chi connectivity index (χ0) is 14.8. The molecule has 2 aromatic carbocycles. The second kappa shape index (κ2) is 5.41. The fourth-order valence-corrected chi connectivity index (χ4v) is 2.14. The first-order valence-electron chi connectivity index (χ1n) is 6.08. The van der Waals surface area contributed by atoms with Gasteiger partial charge in [-0.25, -0.2) is 0 Å². The SMILES string of the molecule is COc1nc(N)nc(Oc2ccc(Cl)c3ccccc23)n1. The van der Waals surface area contributed by atoms with Gasteiger partial charge in [-0.15, -0.1) is 4.98 Å². The number of fused-ring (bicyclic) bond motifs is 1. The molecule has 2 N–H and O–H groups in total. The van der Waals surface area contributed by atoms with Gasteiger partial charge >= 0.3 is 12.0 Å². The van der Waals surface area contributed by atoms with Gasteiger partial charge in [0.05, 0.1) is 7.11 Å². The summed E-state index contributed by atoms with van der Waals surface area (Å²) in [5.74, 6) is 0.595. The molecule has 0 spiro atoms. The standard InChI is InChI=1S/C14H11ClN4O2/c1-20-13-17-12(16)18-14(19-13)21-11-7-6-10(15)8-4-2-3-5-9(8)11/h2-7H,1H3,(H2,16,17,18,19). The fraction of sp³-hybridized carbons (Fsp3) is 0.0714. The molecule has 7 heteroatoms. The van der Waals surface area contributed by atoms with Gasteiger partial charge in [-0.1, -0.05) is 35.9 Å². The maximum atomic E-state index is 6.17. The minimum absolute atomic E-state index is 0.0233. The summed E-state index contributed by atoms with van der Waals surface area (Å²) in [6.45, 7) is 0. The Hall–Kier alpha value is -2.60. The summed E-state index contributed by atoms with van der Waals surface area (Å²) >= 11 is 6.17. The largest absolute Gasteiger partial charge is 0.467 e. The van der Waals surface area contributed by atoms with Crippen molar-refractivity contribution in [1.82, 2.24) is 15.0 Å². The number of nitrogens with zero attached hydrogens (tertiary/aromatic N) is 3. The number of nitrogen functional groups attached to an aromatic ring is 1. The molecular weight excluding hydrogens is 292 g/mol. The molecule has 0 bridgehead atoms. The highest BCUT2D eigenvalue weighted by Crippen LogP contribution is 2.33. The third kappa shape index (κ3) is 2.66. The van der Waals surface area contributed by atoms with E-state index < -0.39 is 0 Å². The van der Waals surface area contributed by atoms with Crippen LogP contribution in [0.5, 0.6) is 17.8 Å². The van der Waals surface area contributed by atoms with Gasteiger partial charge in [0, 0.05) is 15.8 Å². The average molecular weight is 303 g/mol. The smallest absolute Gasteiger partial charge is 0.330 e. The zero-order valence-corrected chi connectivity index (χ0v) is 11.8. The quantitative estimate of drug-likeness (QED) is 0.800. The molecule has 0 atom stereocenters. The topological polar surface area (TPSA) is 83.2 Å². The molecule has 0 fully saturated rings. The lowest BCUT2D eigenvalue weighted by Crippen LogP contribution is -2.03. The molecule has 1 aromatic heterocycles. The fourth-order valence-electron chi connectivity index (χ4n) is 1.91. The molecule has 0 unspecified atom stereocenters. The number of nitrogens with two attached hydrogens (primary N) is 1. The molecular formula is C14H11ClN4O2. The maximum absolute atomic E-state index is 6.17. The number of rotatable bonds is 3. The number of anilines is 1. The molecule has 0 radical (unpaired) electrons. The van der Waals surface area contributed by atoms with Gasteiger partial charge in [0.2, 0.25) is 5.95 Å². The number of methoxy groups -OCH3 is 1. The number of hydrogen-bond acceptors (Lipinski definition) is 6. The van der Waals surface area contributed by atoms with E-state index in [1.165, 1.54) is 7.11 Å². The van der Waals surface area contributed by atoms with Gasteiger partial charge in [-0.2, -0.15) is 9.97 Å². The highest BCUT2D eigenvalue weighted by Gasteiger charge is 2.10. The summed E-state index contributed by atoms with van der Waals surface area (Å²) < 4.78 is 10.6. The minimum Gasteiger partial charge on any atom is -0.467 e. The van der Waals surface area contributed by atoms with Gasteiger partial charge in [0.15, 0.2) is 0 Å². The third-order valence-corrected chi connectivity index (χ3v) is 3.16. The number of ether oxygens (including phenoxy) is 2. The van der Waals surface area contributed by atoms with Gasteiger partial charge in [0.1, 0.15) is 5.75 Å². The van der Waals surface area contributed by atoms with Crippen molar-refractivity contribution < 1.29 is 9.47 Å². The Bertz CT molecular complexity index is 810. The summed E-state index contributed by atoms with van der Waals surface area (Å²) in [4.78, 5) is 11.7. The molecule has 0 amide bonds. The van der Waals surface area contributed by atoms with E-state index >= 15 is 0 Å². The lowest BCUT2D eigenvalue weighted by molar-refractivity contribution is 0.361. The van der Waals surface area contributed by atoms with Gasteiger partial charge < -0.3 is 15.2 Å². The van der Waals surface area contributed by atoms with Crippen LogP contribution in [-0.4, -0.2) is 22.1 Å². The van der Waals surface area contributed by atoms with E-state index in [1.807, 2.05) is 24.3 Å². The van der Waals surface area contributed by atoms with E-state index in [1.54, 1.807) is 12.1 Å². The second-order valence-corrected chi connectivity index (χ2v) is 4.56. The number of aromatic nitrogens is 3. The number of halogens is 1. The molecule has 6 nitrogen and oxygen atoms in total. The van der Waals surface area contributed by atoms with Gasteiger partial charge in [-0.3, -0.25) is 0 Å². The predicted molar refractivity (Wildman–Crippen MR) is 79.8 cm³/mol. The van der Waals surface area contributed by atoms with Crippen LogP contribution < -0.4 is 15.2 Å². The van der Waals surface area contributed by atoms with Crippen LogP contribution in [0, 0.1) is 0 Å². The van der Waals surface area contributed by atoms with Crippen LogP contribution in [-0.2, 0) is 0 Å². The lowest BCUT2D eigenvalue weighted by atomic mass is 10.1.